The summed E-state index contributed by atoms with van der Waals surface area (Å²) in [5.74, 6) is 2.75. The van der Waals surface area contributed by atoms with Gasteiger partial charge in [0, 0.05) is 43.3 Å². The fourth-order valence-corrected chi connectivity index (χ4v) is 4.73. The first-order valence-electron chi connectivity index (χ1n) is 12.5. The molecule has 4 heterocycles. The molecular weight excluding hydrogens is 436 g/mol. The molecule has 0 amide bonds. The summed E-state index contributed by atoms with van der Waals surface area (Å²) >= 11 is 0. The first-order valence-corrected chi connectivity index (χ1v) is 12.5. The van der Waals surface area contributed by atoms with Crippen LogP contribution in [0.15, 0.2) is 36.4 Å². The van der Waals surface area contributed by atoms with Crippen molar-refractivity contribution in [1.82, 2.24) is 24.8 Å². The molecule has 1 aliphatic heterocycles. The van der Waals surface area contributed by atoms with E-state index in [0.717, 1.165) is 70.2 Å². The Hall–Kier alpha value is -3.19. The maximum absolute atomic E-state index is 5.68. The van der Waals surface area contributed by atoms with Crippen molar-refractivity contribution in [3.63, 3.8) is 0 Å². The molecule has 3 aromatic heterocycles. The molecule has 1 saturated heterocycles. The van der Waals surface area contributed by atoms with Crippen molar-refractivity contribution in [2.75, 3.05) is 25.1 Å². The van der Waals surface area contributed by atoms with Gasteiger partial charge in [-0.1, -0.05) is 13.8 Å². The second kappa shape index (κ2) is 9.82. The maximum atomic E-state index is 5.68. The van der Waals surface area contributed by atoms with Crippen molar-refractivity contribution in [1.29, 1.82) is 0 Å². The van der Waals surface area contributed by atoms with Gasteiger partial charge in [0.2, 0.25) is 0 Å². The number of ether oxygens (including phenoxy) is 1. The number of hydrogen-bond donors (Lipinski definition) is 1. The van der Waals surface area contributed by atoms with Crippen molar-refractivity contribution in [2.24, 2.45) is 7.05 Å². The molecule has 7 heteroatoms. The first kappa shape index (κ1) is 24.9. The number of rotatable bonds is 4. The molecule has 5 rings (SSSR count). The van der Waals surface area contributed by atoms with Gasteiger partial charge in [-0.25, -0.2) is 15.0 Å². The number of aromatic nitrogens is 4. The van der Waals surface area contributed by atoms with E-state index in [2.05, 4.69) is 64.8 Å². The lowest BCUT2D eigenvalue weighted by Crippen LogP contribution is -2.44. The molecule has 186 valence electrons. The maximum Gasteiger partial charge on any atom is 0.130 e. The van der Waals surface area contributed by atoms with Crippen LogP contribution in [0.1, 0.15) is 46.9 Å². The van der Waals surface area contributed by atoms with Gasteiger partial charge >= 0.3 is 0 Å². The molecule has 4 aromatic rings. The molecule has 1 aromatic carbocycles. The molecule has 0 spiro atoms. The lowest BCUT2D eigenvalue weighted by molar-refractivity contribution is 0.373. The highest BCUT2D eigenvalue weighted by Crippen LogP contribution is 2.34. The molecule has 1 N–H and O–H groups in total. The molecule has 1 fully saturated rings. The Bertz CT molecular complexity index is 1340. The first-order chi connectivity index (χ1) is 16.7. The normalized spacial score (nSPS) is 16.0. The van der Waals surface area contributed by atoms with Crippen LogP contribution in [0.25, 0.3) is 33.3 Å². The highest BCUT2D eigenvalue weighted by Gasteiger charge is 2.26. The van der Waals surface area contributed by atoms with Crippen LogP contribution < -0.4 is 15.0 Å². The smallest absolute Gasteiger partial charge is 0.130 e. The highest BCUT2D eigenvalue weighted by molar-refractivity contribution is 5.88. The molecule has 35 heavy (non-hydrogen) atoms. The van der Waals surface area contributed by atoms with Crippen molar-refractivity contribution in [3.05, 3.63) is 42.2 Å². The van der Waals surface area contributed by atoms with E-state index >= 15 is 0 Å². The molecule has 0 saturated carbocycles. The van der Waals surface area contributed by atoms with Gasteiger partial charge in [-0.15, -0.1) is 0 Å². The Labute approximate surface area is 208 Å². The predicted molar refractivity (Wildman–Crippen MR) is 145 cm³/mol. The Morgan fingerprint density at radius 1 is 0.971 bits per heavy atom. The van der Waals surface area contributed by atoms with Gasteiger partial charge in [0.1, 0.15) is 17.4 Å². The third-order valence-corrected chi connectivity index (χ3v) is 6.38. The zero-order valence-corrected chi connectivity index (χ0v) is 22.3. The summed E-state index contributed by atoms with van der Waals surface area (Å²) in [7, 11) is 3.72. The number of anilines is 1. The summed E-state index contributed by atoms with van der Waals surface area (Å²) in [5, 5.41) is 3.71. The van der Waals surface area contributed by atoms with Crippen LogP contribution in [-0.2, 0) is 7.05 Å². The number of benzene rings is 1. The van der Waals surface area contributed by atoms with Crippen molar-refractivity contribution >= 4 is 27.9 Å². The minimum atomic E-state index is 0.121. The van der Waals surface area contributed by atoms with Crippen LogP contribution in [0, 0.1) is 6.92 Å². The number of methoxy groups -OCH3 is 1. The summed E-state index contributed by atoms with van der Waals surface area (Å²) in [5.41, 5.74) is 5.71. The average molecular weight is 475 g/mol. The lowest BCUT2D eigenvalue weighted by atomic mass is 10.1. The summed E-state index contributed by atoms with van der Waals surface area (Å²) < 4.78 is 7.77. The lowest BCUT2D eigenvalue weighted by Gasteiger charge is -2.26. The fraction of sp³-hybridized carbons (Fsp3) is 0.464. The van der Waals surface area contributed by atoms with E-state index in [1.807, 2.05) is 40.0 Å². The van der Waals surface area contributed by atoms with E-state index in [9.17, 15) is 0 Å². The van der Waals surface area contributed by atoms with Crippen molar-refractivity contribution in [3.8, 4) is 17.0 Å². The minimum absolute atomic E-state index is 0.121. The SMILES string of the molecule is CC.COc1cc2nc(C)n(C)c2cc1-c1ccc2nc(N3CCC(NC(C)(C)C)C3)ccc2n1. The number of imidazole rings is 1. The zero-order chi connectivity index (χ0) is 25.3. The second-order valence-electron chi connectivity index (χ2n) is 9.99. The van der Waals surface area contributed by atoms with Crippen LogP contribution in [0.2, 0.25) is 0 Å². The van der Waals surface area contributed by atoms with Crippen LogP contribution in [-0.4, -0.2) is 51.3 Å². The number of pyridine rings is 2. The Morgan fingerprint density at radius 2 is 1.69 bits per heavy atom. The molecule has 0 bridgehead atoms. The van der Waals surface area contributed by atoms with Crippen LogP contribution >= 0.6 is 0 Å². The largest absolute Gasteiger partial charge is 0.496 e. The zero-order valence-electron chi connectivity index (χ0n) is 22.3. The Kier molecular flexibility index (Phi) is 6.99. The van der Waals surface area contributed by atoms with E-state index in [4.69, 9.17) is 14.7 Å². The van der Waals surface area contributed by atoms with Crippen LogP contribution in [0.4, 0.5) is 5.82 Å². The summed E-state index contributed by atoms with van der Waals surface area (Å²) in [6.45, 7) is 14.6. The molecular formula is C28H38N6O. The van der Waals surface area contributed by atoms with Gasteiger partial charge < -0.3 is 19.5 Å². The molecule has 1 atom stereocenters. The molecule has 0 aliphatic carbocycles. The standard InChI is InChI=1S/C26H32N6O.C2H6/c1-16-27-22-14-24(33-6)18(13-23(22)31(16)5)19-7-8-21-20(28-19)9-10-25(29-21)32-12-11-17(15-32)30-26(2,3)4;1-2/h7-10,13-14,17,30H,11-12,15H2,1-6H3;1-2H3. The van der Waals surface area contributed by atoms with Gasteiger partial charge in [0.25, 0.3) is 0 Å². The van der Waals surface area contributed by atoms with E-state index < -0.39 is 0 Å². The molecule has 1 unspecified atom stereocenters. The van der Waals surface area contributed by atoms with Crippen LogP contribution in [0.3, 0.4) is 0 Å². The summed E-state index contributed by atoms with van der Waals surface area (Å²) in [6.07, 6.45) is 1.13. The number of nitrogens with one attached hydrogen (secondary N) is 1. The third kappa shape index (κ3) is 5.10. The van der Waals surface area contributed by atoms with Crippen molar-refractivity contribution in [2.45, 2.75) is 59.5 Å². The number of hydrogen-bond acceptors (Lipinski definition) is 6. The Balaban J connectivity index is 0.00000141. The van der Waals surface area contributed by atoms with Gasteiger partial charge in [-0.05, 0) is 64.4 Å². The molecule has 1 aliphatic rings. The predicted octanol–water partition coefficient (Wildman–Crippen LogP) is 5.49. The number of fused-ring (bicyclic) bond motifs is 2. The molecule has 7 nitrogen and oxygen atoms in total. The fourth-order valence-electron chi connectivity index (χ4n) is 4.73. The summed E-state index contributed by atoms with van der Waals surface area (Å²) in [4.78, 5) is 16.8. The van der Waals surface area contributed by atoms with Gasteiger partial charge in [-0.3, -0.25) is 0 Å². The minimum Gasteiger partial charge on any atom is -0.496 e. The van der Waals surface area contributed by atoms with Crippen molar-refractivity contribution < 1.29 is 4.74 Å². The average Bonchev–Trinajstić information content (AvgIpc) is 3.41. The van der Waals surface area contributed by atoms with Gasteiger partial charge in [-0.2, -0.15) is 0 Å². The topological polar surface area (TPSA) is 68.1 Å². The second-order valence-corrected chi connectivity index (χ2v) is 9.99. The molecule has 0 radical (unpaired) electrons. The van der Waals surface area contributed by atoms with E-state index in [1.54, 1.807) is 7.11 Å². The van der Waals surface area contributed by atoms with E-state index in [-0.39, 0.29) is 5.54 Å². The van der Waals surface area contributed by atoms with Crippen LogP contribution in [0.5, 0.6) is 5.75 Å². The van der Waals surface area contributed by atoms with Gasteiger partial charge in [0.15, 0.2) is 0 Å². The summed E-state index contributed by atoms with van der Waals surface area (Å²) in [6, 6.07) is 12.8. The quantitative estimate of drug-likeness (QED) is 0.422. The van der Waals surface area contributed by atoms with E-state index in [1.165, 1.54) is 0 Å². The van der Waals surface area contributed by atoms with E-state index in [0.29, 0.717) is 6.04 Å². The monoisotopic (exact) mass is 474 g/mol. The highest BCUT2D eigenvalue weighted by atomic mass is 16.5. The Morgan fingerprint density at radius 3 is 2.40 bits per heavy atom. The third-order valence-electron chi connectivity index (χ3n) is 6.38. The number of nitrogens with zero attached hydrogens (tertiary/aromatic N) is 5. The number of aryl methyl sites for hydroxylation is 2. The van der Waals surface area contributed by atoms with Gasteiger partial charge in [0.05, 0.1) is 34.9 Å².